The van der Waals surface area contributed by atoms with E-state index in [9.17, 15) is 24.3 Å². The zero-order chi connectivity index (χ0) is 36.2. The molecule has 2 aromatic carbocycles. The Bertz CT molecular complexity index is 1360. The molecule has 2 aromatic rings. The van der Waals surface area contributed by atoms with E-state index in [1.807, 2.05) is 44.2 Å². The van der Waals surface area contributed by atoms with Crippen LogP contribution in [0.2, 0.25) is 0 Å². The largest absolute Gasteiger partial charge is 0.508 e. The van der Waals surface area contributed by atoms with Gasteiger partial charge in [0.1, 0.15) is 35.1 Å². The van der Waals surface area contributed by atoms with E-state index in [1.54, 1.807) is 60.6 Å². The van der Waals surface area contributed by atoms with E-state index in [-0.39, 0.29) is 24.6 Å². The highest BCUT2D eigenvalue weighted by molar-refractivity contribution is 5.94. The molecule has 0 saturated carbocycles. The molecule has 2 rings (SSSR count). The summed E-state index contributed by atoms with van der Waals surface area (Å²) >= 11 is 0. The quantitative estimate of drug-likeness (QED) is 0.141. The Morgan fingerprint density at radius 1 is 0.854 bits per heavy atom. The number of nitrogens with zero attached hydrogens (tertiary/aromatic N) is 1. The molecule has 0 fully saturated rings. The van der Waals surface area contributed by atoms with Gasteiger partial charge in [-0.05, 0) is 89.6 Å². The van der Waals surface area contributed by atoms with Gasteiger partial charge in [-0.25, -0.2) is 9.59 Å². The van der Waals surface area contributed by atoms with Crippen LogP contribution in [0.5, 0.6) is 5.75 Å². The molecule has 0 aliphatic rings. The van der Waals surface area contributed by atoms with E-state index in [0.717, 1.165) is 24.8 Å². The van der Waals surface area contributed by atoms with Crippen molar-refractivity contribution >= 4 is 23.9 Å². The predicted molar refractivity (Wildman–Crippen MR) is 187 cm³/mol. The number of esters is 1. The minimum Gasteiger partial charge on any atom is -0.508 e. The minimum absolute atomic E-state index is 0.0427. The first-order chi connectivity index (χ1) is 22.3. The Labute approximate surface area is 287 Å². The van der Waals surface area contributed by atoms with Gasteiger partial charge in [-0.15, -0.1) is 0 Å². The molecule has 0 aliphatic carbocycles. The number of phenols is 1. The number of alkyl carbamates (subject to hydrolysis) is 1. The number of benzene rings is 2. The molecular formula is C38H57N3O7. The molecule has 0 bridgehead atoms. The fourth-order valence-corrected chi connectivity index (χ4v) is 5.19. The van der Waals surface area contributed by atoms with Crippen LogP contribution < -0.4 is 10.6 Å². The van der Waals surface area contributed by atoms with Gasteiger partial charge in [0.05, 0.1) is 0 Å². The monoisotopic (exact) mass is 667 g/mol. The number of ether oxygens (including phenoxy) is 2. The Balaban J connectivity index is 2.66. The SMILES string of the molecule is CCCCCCN(C(=O)C(NC(=O)OC(C)(C)C)C(C)C)C(C(=O)NC(Cc1ccccc1)C(=O)OC(C)(C)C)c1ccc(O)c(C)c1. The Morgan fingerprint density at radius 3 is 2.02 bits per heavy atom. The van der Waals surface area contributed by atoms with Crippen molar-refractivity contribution in [2.45, 2.75) is 131 Å². The van der Waals surface area contributed by atoms with Gasteiger partial charge in [0, 0.05) is 13.0 Å². The molecule has 0 aromatic heterocycles. The maximum absolute atomic E-state index is 14.6. The third-order valence-corrected chi connectivity index (χ3v) is 7.53. The summed E-state index contributed by atoms with van der Waals surface area (Å²) in [6.45, 7) is 18.1. The van der Waals surface area contributed by atoms with Crippen LogP contribution >= 0.6 is 0 Å². The van der Waals surface area contributed by atoms with Crippen LogP contribution in [0.4, 0.5) is 4.79 Å². The smallest absolute Gasteiger partial charge is 0.408 e. The lowest BCUT2D eigenvalue weighted by atomic mass is 9.96. The molecule has 266 valence electrons. The van der Waals surface area contributed by atoms with Crippen molar-refractivity contribution in [3.63, 3.8) is 0 Å². The van der Waals surface area contributed by atoms with Gasteiger partial charge >= 0.3 is 12.1 Å². The topological polar surface area (TPSA) is 134 Å². The molecule has 0 aliphatic heterocycles. The van der Waals surface area contributed by atoms with Gasteiger partial charge in [-0.2, -0.15) is 0 Å². The molecule has 3 amide bonds. The van der Waals surface area contributed by atoms with Gasteiger partial charge in [-0.3, -0.25) is 9.59 Å². The molecule has 3 N–H and O–H groups in total. The first-order valence-corrected chi connectivity index (χ1v) is 17.0. The number of carbonyl (C=O) groups excluding carboxylic acids is 4. The minimum atomic E-state index is -1.19. The van der Waals surface area contributed by atoms with E-state index in [1.165, 1.54) is 11.0 Å². The number of amides is 3. The standard InChI is InChI=1S/C38H57N3O7/c1-11-12-13-17-22-41(34(44)31(25(2)3)40-36(46)48-38(8,9)10)32(28-20-21-30(42)26(4)23-28)33(43)39-29(35(45)47-37(5,6)7)24-27-18-15-14-16-19-27/h14-16,18-21,23,25,29,31-32,42H,11-13,17,22,24H2,1-10H3,(H,39,43)(H,40,46). The van der Waals surface area contributed by atoms with Gasteiger partial charge in [0.15, 0.2) is 0 Å². The van der Waals surface area contributed by atoms with Crippen LogP contribution in [0, 0.1) is 12.8 Å². The van der Waals surface area contributed by atoms with E-state index < -0.39 is 53.2 Å². The van der Waals surface area contributed by atoms with Gasteiger partial charge in [0.2, 0.25) is 11.8 Å². The van der Waals surface area contributed by atoms with Crippen LogP contribution in [0.1, 0.15) is 111 Å². The fraction of sp³-hybridized carbons (Fsp3) is 0.579. The Hall–Kier alpha value is -4.08. The number of rotatable bonds is 15. The highest BCUT2D eigenvalue weighted by Gasteiger charge is 2.39. The normalized spacial score (nSPS) is 13.6. The molecule has 0 saturated heterocycles. The number of unbranched alkanes of at least 4 members (excludes halogenated alkanes) is 3. The molecule has 3 atom stereocenters. The van der Waals surface area contributed by atoms with Gasteiger partial charge in [0.25, 0.3) is 0 Å². The van der Waals surface area contributed by atoms with E-state index in [2.05, 4.69) is 17.6 Å². The summed E-state index contributed by atoms with van der Waals surface area (Å²) in [4.78, 5) is 57.0. The fourth-order valence-electron chi connectivity index (χ4n) is 5.19. The summed E-state index contributed by atoms with van der Waals surface area (Å²) in [5.41, 5.74) is 0.205. The van der Waals surface area contributed by atoms with Crippen LogP contribution in [0.3, 0.4) is 0 Å². The first-order valence-electron chi connectivity index (χ1n) is 17.0. The maximum atomic E-state index is 14.6. The lowest BCUT2D eigenvalue weighted by Crippen LogP contribution is -2.56. The van der Waals surface area contributed by atoms with Crippen molar-refractivity contribution in [2.75, 3.05) is 6.54 Å². The second-order valence-electron chi connectivity index (χ2n) is 14.7. The maximum Gasteiger partial charge on any atom is 0.408 e. The lowest BCUT2D eigenvalue weighted by molar-refractivity contribution is -0.159. The molecule has 48 heavy (non-hydrogen) atoms. The number of aromatic hydroxyl groups is 1. The summed E-state index contributed by atoms with van der Waals surface area (Å²) in [5, 5.41) is 16.0. The predicted octanol–water partition coefficient (Wildman–Crippen LogP) is 6.77. The highest BCUT2D eigenvalue weighted by Crippen LogP contribution is 2.29. The molecule has 10 nitrogen and oxygen atoms in total. The molecule has 0 spiro atoms. The second-order valence-corrected chi connectivity index (χ2v) is 14.7. The van der Waals surface area contributed by atoms with Crippen molar-refractivity contribution in [2.24, 2.45) is 5.92 Å². The zero-order valence-corrected chi connectivity index (χ0v) is 30.5. The molecule has 10 heteroatoms. The van der Waals surface area contributed by atoms with Gasteiger partial charge in [-0.1, -0.05) is 76.4 Å². The number of carbonyl (C=O) groups is 4. The van der Waals surface area contributed by atoms with E-state index >= 15 is 0 Å². The summed E-state index contributed by atoms with van der Waals surface area (Å²) < 4.78 is 11.2. The Kier molecular flexibility index (Phi) is 14.9. The number of phenolic OH excluding ortho intramolecular Hbond substituents is 1. The molecule has 0 heterocycles. The van der Waals surface area contributed by atoms with Crippen LogP contribution in [0.25, 0.3) is 0 Å². The number of hydrogen-bond donors (Lipinski definition) is 3. The summed E-state index contributed by atoms with van der Waals surface area (Å²) in [6.07, 6.45) is 2.78. The first kappa shape index (κ1) is 40.1. The van der Waals surface area contributed by atoms with Crippen LogP contribution in [0.15, 0.2) is 48.5 Å². The zero-order valence-electron chi connectivity index (χ0n) is 30.5. The van der Waals surface area contributed by atoms with Crippen molar-refractivity contribution in [1.29, 1.82) is 0 Å². The Morgan fingerprint density at radius 2 is 1.48 bits per heavy atom. The highest BCUT2D eigenvalue weighted by atomic mass is 16.6. The van der Waals surface area contributed by atoms with Crippen molar-refractivity contribution in [1.82, 2.24) is 15.5 Å². The average molecular weight is 668 g/mol. The number of nitrogens with one attached hydrogen (secondary N) is 2. The molecule has 0 radical (unpaired) electrons. The molecule has 3 unspecified atom stereocenters. The number of hydrogen-bond acceptors (Lipinski definition) is 7. The van der Waals surface area contributed by atoms with Crippen molar-refractivity contribution in [3.8, 4) is 5.75 Å². The van der Waals surface area contributed by atoms with Gasteiger partial charge < -0.3 is 30.1 Å². The van der Waals surface area contributed by atoms with E-state index in [0.29, 0.717) is 17.5 Å². The summed E-state index contributed by atoms with van der Waals surface area (Å²) in [6, 6.07) is 10.8. The van der Waals surface area contributed by atoms with Crippen LogP contribution in [-0.4, -0.2) is 63.7 Å². The summed E-state index contributed by atoms with van der Waals surface area (Å²) in [5.74, 6) is -1.96. The molecular weight excluding hydrogens is 610 g/mol. The lowest BCUT2D eigenvalue weighted by Gasteiger charge is -2.36. The van der Waals surface area contributed by atoms with Crippen molar-refractivity contribution in [3.05, 3.63) is 65.2 Å². The number of aryl methyl sites for hydroxylation is 1. The third kappa shape index (κ3) is 13.2. The average Bonchev–Trinajstić information content (AvgIpc) is 2.97. The second kappa shape index (κ2) is 17.9. The summed E-state index contributed by atoms with van der Waals surface area (Å²) in [7, 11) is 0. The van der Waals surface area contributed by atoms with Crippen LogP contribution in [-0.2, 0) is 30.3 Å². The van der Waals surface area contributed by atoms with E-state index in [4.69, 9.17) is 9.47 Å². The third-order valence-electron chi connectivity index (χ3n) is 7.53. The van der Waals surface area contributed by atoms with Crippen molar-refractivity contribution < 1.29 is 33.8 Å².